The Morgan fingerprint density at radius 3 is 1.87 bits per heavy atom. The highest BCUT2D eigenvalue weighted by Crippen LogP contribution is 2.14. The molecule has 0 aliphatic rings. The average molecular weight is 331 g/mol. The summed E-state index contributed by atoms with van der Waals surface area (Å²) in [7, 11) is 0. The minimum absolute atomic E-state index is 0.800. The zero-order valence-electron chi connectivity index (χ0n) is 14.2. The Morgan fingerprint density at radius 1 is 0.826 bits per heavy atom. The van der Waals surface area contributed by atoms with Crippen molar-refractivity contribution in [3.8, 4) is 0 Å². The van der Waals surface area contributed by atoms with E-state index in [1.165, 1.54) is 16.8 Å². The minimum atomic E-state index is 0.800. The SMILES string of the molecule is CCN(CC)CCNc1ccc(CCc2ccc(Cl)cc2)cc1. The van der Waals surface area contributed by atoms with Gasteiger partial charge in [0.15, 0.2) is 0 Å². The molecule has 0 bridgehead atoms. The van der Waals surface area contributed by atoms with Gasteiger partial charge in [-0.25, -0.2) is 0 Å². The van der Waals surface area contributed by atoms with Gasteiger partial charge in [0.2, 0.25) is 0 Å². The molecule has 0 heterocycles. The van der Waals surface area contributed by atoms with Crippen molar-refractivity contribution >= 4 is 17.3 Å². The molecule has 0 unspecified atom stereocenters. The number of nitrogens with zero attached hydrogens (tertiary/aromatic N) is 1. The van der Waals surface area contributed by atoms with E-state index in [-0.39, 0.29) is 0 Å². The fraction of sp³-hybridized carbons (Fsp3) is 0.400. The largest absolute Gasteiger partial charge is 0.384 e. The molecule has 0 radical (unpaired) electrons. The van der Waals surface area contributed by atoms with Crippen LogP contribution in [-0.2, 0) is 12.8 Å². The summed E-state index contributed by atoms with van der Waals surface area (Å²) in [6.45, 7) is 8.72. The summed E-state index contributed by atoms with van der Waals surface area (Å²) in [6, 6.07) is 16.9. The topological polar surface area (TPSA) is 15.3 Å². The highest BCUT2D eigenvalue weighted by atomic mass is 35.5. The van der Waals surface area contributed by atoms with Crippen LogP contribution in [0.25, 0.3) is 0 Å². The second-order valence-corrected chi connectivity index (χ2v) is 6.21. The van der Waals surface area contributed by atoms with Crippen LogP contribution in [0.15, 0.2) is 48.5 Å². The van der Waals surface area contributed by atoms with Crippen molar-refractivity contribution in [1.82, 2.24) is 4.90 Å². The third-order valence-corrected chi connectivity index (χ3v) is 4.47. The van der Waals surface area contributed by atoms with Gasteiger partial charge >= 0.3 is 0 Å². The second-order valence-electron chi connectivity index (χ2n) is 5.78. The lowest BCUT2D eigenvalue weighted by molar-refractivity contribution is 0.316. The third kappa shape index (κ3) is 6.25. The molecular weight excluding hydrogens is 304 g/mol. The molecule has 0 atom stereocenters. The Kier molecular flexibility index (Phi) is 7.44. The molecule has 0 amide bonds. The molecule has 2 rings (SSSR count). The zero-order chi connectivity index (χ0) is 16.5. The first kappa shape index (κ1) is 17.8. The van der Waals surface area contributed by atoms with Gasteiger partial charge in [0.1, 0.15) is 0 Å². The number of aryl methyl sites for hydroxylation is 2. The van der Waals surface area contributed by atoms with Crippen molar-refractivity contribution in [3.63, 3.8) is 0 Å². The highest BCUT2D eigenvalue weighted by molar-refractivity contribution is 6.30. The van der Waals surface area contributed by atoms with Gasteiger partial charge < -0.3 is 10.2 Å². The highest BCUT2D eigenvalue weighted by Gasteiger charge is 2.00. The number of anilines is 1. The number of halogens is 1. The van der Waals surface area contributed by atoms with Gasteiger partial charge in [-0.05, 0) is 61.3 Å². The Labute approximate surface area is 145 Å². The molecule has 0 saturated carbocycles. The van der Waals surface area contributed by atoms with E-state index in [0.717, 1.165) is 44.0 Å². The first-order valence-corrected chi connectivity index (χ1v) is 8.88. The molecule has 124 valence electrons. The van der Waals surface area contributed by atoms with E-state index in [4.69, 9.17) is 11.6 Å². The lowest BCUT2D eigenvalue weighted by Gasteiger charge is -2.18. The standard InChI is InChI=1S/C20H27ClN2/c1-3-23(4-2)16-15-22-20-13-9-18(10-14-20)6-5-17-7-11-19(21)12-8-17/h7-14,22H,3-6,15-16H2,1-2H3. The summed E-state index contributed by atoms with van der Waals surface area (Å²) in [5, 5.41) is 4.29. The Bertz CT molecular complexity index is 559. The lowest BCUT2D eigenvalue weighted by atomic mass is 10.0. The number of benzene rings is 2. The summed E-state index contributed by atoms with van der Waals surface area (Å²) in [5.41, 5.74) is 3.90. The molecule has 0 aliphatic carbocycles. The molecule has 1 N–H and O–H groups in total. The minimum Gasteiger partial charge on any atom is -0.384 e. The quantitative estimate of drug-likeness (QED) is 0.705. The summed E-state index contributed by atoms with van der Waals surface area (Å²) < 4.78 is 0. The van der Waals surface area contributed by atoms with Crippen LogP contribution < -0.4 is 5.32 Å². The van der Waals surface area contributed by atoms with Crippen molar-refractivity contribution in [3.05, 3.63) is 64.7 Å². The maximum absolute atomic E-state index is 5.92. The van der Waals surface area contributed by atoms with Crippen molar-refractivity contribution in [1.29, 1.82) is 0 Å². The summed E-state index contributed by atoms with van der Waals surface area (Å²) in [4.78, 5) is 2.42. The Morgan fingerprint density at radius 2 is 1.35 bits per heavy atom. The van der Waals surface area contributed by atoms with Crippen LogP contribution in [0.4, 0.5) is 5.69 Å². The third-order valence-electron chi connectivity index (χ3n) is 4.22. The molecular formula is C20H27ClN2. The van der Waals surface area contributed by atoms with E-state index in [2.05, 4.69) is 60.5 Å². The zero-order valence-corrected chi connectivity index (χ0v) is 14.9. The predicted molar refractivity (Wildman–Crippen MR) is 102 cm³/mol. The van der Waals surface area contributed by atoms with Crippen molar-refractivity contribution in [2.24, 2.45) is 0 Å². The van der Waals surface area contributed by atoms with Crippen LogP contribution in [0, 0.1) is 0 Å². The number of rotatable bonds is 9. The first-order valence-electron chi connectivity index (χ1n) is 8.51. The van der Waals surface area contributed by atoms with Gasteiger partial charge in [-0.2, -0.15) is 0 Å². The Balaban J connectivity index is 1.76. The van der Waals surface area contributed by atoms with E-state index in [1.807, 2.05) is 12.1 Å². The van der Waals surface area contributed by atoms with Crippen molar-refractivity contribution in [2.45, 2.75) is 26.7 Å². The van der Waals surface area contributed by atoms with Crippen LogP contribution in [-0.4, -0.2) is 31.1 Å². The van der Waals surface area contributed by atoms with Gasteiger partial charge in [0, 0.05) is 23.8 Å². The van der Waals surface area contributed by atoms with Crippen molar-refractivity contribution in [2.75, 3.05) is 31.5 Å². The van der Waals surface area contributed by atoms with E-state index in [0.29, 0.717) is 0 Å². The summed E-state index contributed by atoms with van der Waals surface area (Å²) in [6.07, 6.45) is 2.10. The second kappa shape index (κ2) is 9.59. The van der Waals surface area contributed by atoms with Gasteiger partial charge in [0.25, 0.3) is 0 Å². The number of nitrogens with one attached hydrogen (secondary N) is 1. The van der Waals surface area contributed by atoms with Crippen molar-refractivity contribution < 1.29 is 0 Å². The van der Waals surface area contributed by atoms with E-state index < -0.39 is 0 Å². The molecule has 0 fully saturated rings. The van der Waals surface area contributed by atoms with Gasteiger partial charge in [-0.3, -0.25) is 0 Å². The summed E-state index contributed by atoms with van der Waals surface area (Å²) in [5.74, 6) is 0. The number of likely N-dealkylation sites (N-methyl/N-ethyl adjacent to an activating group) is 1. The van der Waals surface area contributed by atoms with E-state index in [9.17, 15) is 0 Å². The molecule has 2 aromatic carbocycles. The molecule has 2 aromatic rings. The van der Waals surface area contributed by atoms with Crippen LogP contribution >= 0.6 is 11.6 Å². The maximum Gasteiger partial charge on any atom is 0.0406 e. The molecule has 0 saturated heterocycles. The number of hydrogen-bond donors (Lipinski definition) is 1. The fourth-order valence-electron chi connectivity index (χ4n) is 2.63. The van der Waals surface area contributed by atoms with E-state index >= 15 is 0 Å². The molecule has 0 aromatic heterocycles. The lowest BCUT2D eigenvalue weighted by Crippen LogP contribution is -2.28. The normalized spacial score (nSPS) is 11.0. The Hall–Kier alpha value is -1.51. The van der Waals surface area contributed by atoms with Crippen LogP contribution in [0.1, 0.15) is 25.0 Å². The number of hydrogen-bond acceptors (Lipinski definition) is 2. The molecule has 23 heavy (non-hydrogen) atoms. The van der Waals surface area contributed by atoms with Crippen LogP contribution in [0.2, 0.25) is 5.02 Å². The smallest absolute Gasteiger partial charge is 0.0406 e. The van der Waals surface area contributed by atoms with Crippen LogP contribution in [0.5, 0.6) is 0 Å². The fourth-order valence-corrected chi connectivity index (χ4v) is 2.75. The van der Waals surface area contributed by atoms with Gasteiger partial charge in [-0.1, -0.05) is 49.7 Å². The van der Waals surface area contributed by atoms with Gasteiger partial charge in [-0.15, -0.1) is 0 Å². The first-order chi connectivity index (χ1) is 11.2. The monoisotopic (exact) mass is 330 g/mol. The van der Waals surface area contributed by atoms with E-state index in [1.54, 1.807) is 0 Å². The van der Waals surface area contributed by atoms with Gasteiger partial charge in [0.05, 0.1) is 0 Å². The summed E-state index contributed by atoms with van der Waals surface area (Å²) >= 11 is 5.92. The average Bonchev–Trinajstić information content (AvgIpc) is 2.59. The molecule has 3 heteroatoms. The predicted octanol–water partition coefficient (Wildman–Crippen LogP) is 4.88. The molecule has 0 spiro atoms. The molecule has 2 nitrogen and oxygen atoms in total. The van der Waals surface area contributed by atoms with Crippen LogP contribution in [0.3, 0.4) is 0 Å². The molecule has 0 aliphatic heterocycles. The maximum atomic E-state index is 5.92.